The van der Waals surface area contributed by atoms with Crippen molar-refractivity contribution in [3.8, 4) is 0 Å². The maximum atomic E-state index is 12.1. The Hall–Kier alpha value is -2.45. The average Bonchev–Trinajstić information content (AvgIpc) is 2.62. The van der Waals surface area contributed by atoms with Crippen LogP contribution in [0.4, 0.5) is 5.69 Å². The second kappa shape index (κ2) is 9.14. The molecule has 1 aromatic carbocycles. The zero-order chi connectivity index (χ0) is 18.2. The Kier molecular flexibility index (Phi) is 6.91. The van der Waals surface area contributed by atoms with Crippen LogP contribution in [0.2, 0.25) is 0 Å². The number of morpholine rings is 1. The van der Waals surface area contributed by atoms with Crippen LogP contribution in [-0.4, -0.2) is 81.1 Å². The van der Waals surface area contributed by atoms with Gasteiger partial charge in [0.05, 0.1) is 39.0 Å². The van der Waals surface area contributed by atoms with E-state index in [0.29, 0.717) is 37.6 Å². The van der Waals surface area contributed by atoms with Gasteiger partial charge in [-0.3, -0.25) is 14.5 Å². The van der Waals surface area contributed by atoms with Crippen LogP contribution in [0.5, 0.6) is 0 Å². The summed E-state index contributed by atoms with van der Waals surface area (Å²) in [6.07, 6.45) is 0. The van der Waals surface area contributed by atoms with Gasteiger partial charge >= 0.3 is 5.97 Å². The van der Waals surface area contributed by atoms with Crippen LogP contribution < -0.4 is 5.32 Å². The average molecular weight is 349 g/mol. The molecule has 1 aliphatic heterocycles. The van der Waals surface area contributed by atoms with Gasteiger partial charge in [0.15, 0.2) is 0 Å². The van der Waals surface area contributed by atoms with Crippen molar-refractivity contribution in [1.82, 2.24) is 9.80 Å². The van der Waals surface area contributed by atoms with Gasteiger partial charge < -0.3 is 19.7 Å². The van der Waals surface area contributed by atoms with Crippen LogP contribution in [0, 0.1) is 0 Å². The number of nitrogens with one attached hydrogen (secondary N) is 1. The first-order chi connectivity index (χ1) is 12.0. The van der Waals surface area contributed by atoms with Crippen molar-refractivity contribution in [2.75, 3.05) is 58.9 Å². The van der Waals surface area contributed by atoms with E-state index in [1.807, 2.05) is 0 Å². The molecule has 0 atom stereocenters. The van der Waals surface area contributed by atoms with Crippen molar-refractivity contribution < 1.29 is 23.9 Å². The number of benzene rings is 1. The number of hydrogen-bond acceptors (Lipinski definition) is 6. The van der Waals surface area contributed by atoms with Crippen molar-refractivity contribution >= 4 is 23.5 Å². The molecule has 8 nitrogen and oxygen atoms in total. The highest BCUT2D eigenvalue weighted by Gasteiger charge is 2.19. The standard InChI is InChI=1S/C17H23N3O5/c1-19(12-16(22)20-7-9-25-10-8-20)11-15(21)18-14-5-3-13(4-6-14)17(23)24-2/h3-6H,7-12H2,1-2H3,(H,18,21). The van der Waals surface area contributed by atoms with E-state index in [0.717, 1.165) is 0 Å². The number of methoxy groups -OCH3 is 1. The van der Waals surface area contributed by atoms with Crippen LogP contribution in [0.25, 0.3) is 0 Å². The van der Waals surface area contributed by atoms with E-state index in [1.165, 1.54) is 7.11 Å². The third kappa shape index (κ3) is 5.84. The van der Waals surface area contributed by atoms with Crippen molar-refractivity contribution in [2.24, 2.45) is 0 Å². The predicted molar refractivity (Wildman–Crippen MR) is 91.3 cm³/mol. The van der Waals surface area contributed by atoms with Crippen LogP contribution in [-0.2, 0) is 19.1 Å². The molecule has 0 saturated carbocycles. The third-order valence-corrected chi connectivity index (χ3v) is 3.77. The van der Waals surface area contributed by atoms with E-state index < -0.39 is 5.97 Å². The molecule has 1 aliphatic rings. The SMILES string of the molecule is COC(=O)c1ccc(NC(=O)CN(C)CC(=O)N2CCOCC2)cc1. The highest BCUT2D eigenvalue weighted by Crippen LogP contribution is 2.10. The maximum absolute atomic E-state index is 12.1. The number of anilines is 1. The Morgan fingerprint density at radius 3 is 2.40 bits per heavy atom. The lowest BCUT2D eigenvalue weighted by Crippen LogP contribution is -2.46. The molecule has 0 radical (unpaired) electrons. The summed E-state index contributed by atoms with van der Waals surface area (Å²) >= 11 is 0. The topological polar surface area (TPSA) is 88.2 Å². The summed E-state index contributed by atoms with van der Waals surface area (Å²) in [5.74, 6) is -0.677. The van der Waals surface area contributed by atoms with E-state index in [4.69, 9.17) is 4.74 Å². The molecule has 1 N–H and O–H groups in total. The van der Waals surface area contributed by atoms with E-state index in [1.54, 1.807) is 41.1 Å². The van der Waals surface area contributed by atoms with Crippen molar-refractivity contribution in [2.45, 2.75) is 0 Å². The molecule has 1 aromatic rings. The van der Waals surface area contributed by atoms with Crippen molar-refractivity contribution in [3.05, 3.63) is 29.8 Å². The first kappa shape index (κ1) is 18.9. The predicted octanol–water partition coefficient (Wildman–Crippen LogP) is 0.202. The van der Waals surface area contributed by atoms with Crippen molar-refractivity contribution in [3.63, 3.8) is 0 Å². The van der Waals surface area contributed by atoms with E-state index in [-0.39, 0.29) is 24.9 Å². The first-order valence-corrected chi connectivity index (χ1v) is 8.02. The van der Waals surface area contributed by atoms with Gasteiger partial charge in [-0.1, -0.05) is 0 Å². The Morgan fingerprint density at radius 1 is 1.16 bits per heavy atom. The Balaban J connectivity index is 1.78. The van der Waals surface area contributed by atoms with Gasteiger partial charge in [0.1, 0.15) is 0 Å². The normalized spacial score (nSPS) is 14.3. The van der Waals surface area contributed by atoms with Gasteiger partial charge in [-0.25, -0.2) is 4.79 Å². The van der Waals surface area contributed by atoms with Gasteiger partial charge in [0, 0.05) is 18.8 Å². The monoisotopic (exact) mass is 349 g/mol. The molecule has 1 fully saturated rings. The third-order valence-electron chi connectivity index (χ3n) is 3.77. The van der Waals surface area contributed by atoms with Gasteiger partial charge in [-0.15, -0.1) is 0 Å². The molecule has 2 rings (SSSR count). The first-order valence-electron chi connectivity index (χ1n) is 8.02. The highest BCUT2D eigenvalue weighted by molar-refractivity contribution is 5.94. The van der Waals surface area contributed by atoms with E-state index in [9.17, 15) is 14.4 Å². The number of likely N-dealkylation sites (N-methyl/N-ethyl adjacent to an activating group) is 1. The molecule has 0 bridgehead atoms. The number of amides is 2. The van der Waals surface area contributed by atoms with Crippen LogP contribution in [0.3, 0.4) is 0 Å². The lowest BCUT2D eigenvalue weighted by molar-refractivity contribution is -0.136. The Bertz CT molecular complexity index is 611. The van der Waals surface area contributed by atoms with Gasteiger partial charge in [0.25, 0.3) is 0 Å². The second-order valence-corrected chi connectivity index (χ2v) is 5.78. The minimum Gasteiger partial charge on any atom is -0.465 e. The lowest BCUT2D eigenvalue weighted by atomic mass is 10.2. The number of rotatable bonds is 6. The van der Waals surface area contributed by atoms with Crippen molar-refractivity contribution in [1.29, 1.82) is 0 Å². The van der Waals surface area contributed by atoms with Crippen LogP contribution in [0.1, 0.15) is 10.4 Å². The molecule has 1 saturated heterocycles. The quantitative estimate of drug-likeness (QED) is 0.739. The summed E-state index contributed by atoms with van der Waals surface area (Å²) in [6.45, 7) is 2.55. The van der Waals surface area contributed by atoms with Crippen LogP contribution in [0.15, 0.2) is 24.3 Å². The molecule has 0 unspecified atom stereocenters. The minimum atomic E-state index is -0.431. The zero-order valence-corrected chi connectivity index (χ0v) is 14.5. The van der Waals surface area contributed by atoms with E-state index in [2.05, 4.69) is 10.1 Å². The fraction of sp³-hybridized carbons (Fsp3) is 0.471. The molecule has 136 valence electrons. The molecular formula is C17H23N3O5. The smallest absolute Gasteiger partial charge is 0.337 e. The largest absolute Gasteiger partial charge is 0.465 e. The fourth-order valence-electron chi connectivity index (χ4n) is 2.45. The minimum absolute atomic E-state index is 0.0129. The summed E-state index contributed by atoms with van der Waals surface area (Å²) in [4.78, 5) is 39.0. The highest BCUT2D eigenvalue weighted by atomic mass is 16.5. The Morgan fingerprint density at radius 2 is 1.80 bits per heavy atom. The van der Waals surface area contributed by atoms with E-state index >= 15 is 0 Å². The molecule has 0 aromatic heterocycles. The summed E-state index contributed by atoms with van der Waals surface area (Å²) < 4.78 is 9.84. The molecule has 25 heavy (non-hydrogen) atoms. The number of nitrogens with zero attached hydrogens (tertiary/aromatic N) is 2. The number of carbonyl (C=O) groups excluding carboxylic acids is 3. The summed E-state index contributed by atoms with van der Waals surface area (Å²) in [5.41, 5.74) is 0.985. The number of carbonyl (C=O) groups is 3. The van der Waals surface area contributed by atoms with Gasteiger partial charge in [0.2, 0.25) is 11.8 Å². The lowest BCUT2D eigenvalue weighted by Gasteiger charge is -2.28. The molecule has 1 heterocycles. The molecule has 0 aliphatic carbocycles. The summed E-state index contributed by atoms with van der Waals surface area (Å²) in [7, 11) is 3.03. The maximum Gasteiger partial charge on any atom is 0.337 e. The van der Waals surface area contributed by atoms with Gasteiger partial charge in [-0.2, -0.15) is 0 Å². The molecule has 8 heteroatoms. The number of esters is 1. The number of hydrogen-bond donors (Lipinski definition) is 1. The van der Waals surface area contributed by atoms with Gasteiger partial charge in [-0.05, 0) is 31.3 Å². The fourth-order valence-corrected chi connectivity index (χ4v) is 2.45. The summed E-state index contributed by atoms with van der Waals surface area (Å²) in [6, 6.07) is 6.41. The second-order valence-electron chi connectivity index (χ2n) is 5.78. The molecular weight excluding hydrogens is 326 g/mol. The molecule has 0 spiro atoms. The summed E-state index contributed by atoms with van der Waals surface area (Å²) in [5, 5.41) is 2.73. The molecule has 2 amide bonds. The Labute approximate surface area is 146 Å². The number of ether oxygens (including phenoxy) is 2. The zero-order valence-electron chi connectivity index (χ0n) is 14.5. The van der Waals surface area contributed by atoms with Crippen LogP contribution >= 0.6 is 0 Å².